The largest absolute Gasteiger partial charge is 0.369 e. The predicted molar refractivity (Wildman–Crippen MR) is 75.3 cm³/mol. The zero-order valence-electron chi connectivity index (χ0n) is 10.1. The monoisotopic (exact) mass is 273 g/mol. The first-order chi connectivity index (χ1) is 9.33. The van der Waals surface area contributed by atoms with Crippen molar-refractivity contribution in [3.05, 3.63) is 47.4 Å². The lowest BCUT2D eigenvalue weighted by Gasteiger charge is -2.06. The molecule has 3 rings (SSSR count). The molecular weight excluding hydrogens is 262 g/mol. The van der Waals surface area contributed by atoms with Gasteiger partial charge in [-0.3, -0.25) is 5.10 Å². The predicted octanol–water partition coefficient (Wildman–Crippen LogP) is 2.66. The van der Waals surface area contributed by atoms with E-state index in [1.807, 2.05) is 24.3 Å². The Balaban J connectivity index is 1.66. The van der Waals surface area contributed by atoms with E-state index in [1.165, 1.54) is 11.9 Å². The van der Waals surface area contributed by atoms with Crippen LogP contribution in [0.2, 0.25) is 5.02 Å². The zero-order valence-corrected chi connectivity index (χ0v) is 10.9. The molecule has 19 heavy (non-hydrogen) atoms. The quantitative estimate of drug-likeness (QED) is 0.767. The summed E-state index contributed by atoms with van der Waals surface area (Å²) >= 11 is 5.85. The third-order valence-electron chi connectivity index (χ3n) is 2.87. The molecule has 0 saturated carbocycles. The summed E-state index contributed by atoms with van der Waals surface area (Å²) in [6.45, 7) is 0.791. The van der Waals surface area contributed by atoms with Gasteiger partial charge in [0.05, 0.1) is 11.6 Å². The van der Waals surface area contributed by atoms with Gasteiger partial charge in [-0.05, 0) is 24.1 Å². The minimum atomic E-state index is 0.740. The number of benzene rings is 1. The smallest absolute Gasteiger partial charge is 0.160 e. The van der Waals surface area contributed by atoms with Crippen molar-refractivity contribution in [1.82, 2.24) is 20.2 Å². The highest BCUT2D eigenvalue weighted by molar-refractivity contribution is 6.30. The van der Waals surface area contributed by atoms with E-state index in [9.17, 15) is 0 Å². The third kappa shape index (κ3) is 2.66. The van der Waals surface area contributed by atoms with Crippen molar-refractivity contribution >= 4 is 28.5 Å². The molecule has 5 nitrogen and oxygen atoms in total. The van der Waals surface area contributed by atoms with Crippen LogP contribution in [0.4, 0.5) is 5.82 Å². The highest BCUT2D eigenvalue weighted by atomic mass is 35.5. The maximum absolute atomic E-state index is 5.85. The average Bonchev–Trinajstić information content (AvgIpc) is 2.90. The number of hydrogen-bond donors (Lipinski definition) is 2. The molecule has 0 radical (unpaired) electrons. The molecule has 0 bridgehead atoms. The van der Waals surface area contributed by atoms with Crippen LogP contribution < -0.4 is 5.32 Å². The second-order valence-corrected chi connectivity index (χ2v) is 4.59. The zero-order chi connectivity index (χ0) is 13.1. The fourth-order valence-electron chi connectivity index (χ4n) is 1.88. The Morgan fingerprint density at radius 3 is 2.84 bits per heavy atom. The molecule has 0 aliphatic rings. The Kier molecular flexibility index (Phi) is 3.29. The van der Waals surface area contributed by atoms with Gasteiger partial charge in [0.25, 0.3) is 0 Å². The number of rotatable bonds is 4. The summed E-state index contributed by atoms with van der Waals surface area (Å²) in [6, 6.07) is 7.85. The summed E-state index contributed by atoms with van der Waals surface area (Å²) in [5.74, 6) is 0.799. The Morgan fingerprint density at radius 2 is 2.00 bits per heavy atom. The summed E-state index contributed by atoms with van der Waals surface area (Å²) in [4.78, 5) is 8.32. The molecule has 2 aromatic heterocycles. The van der Waals surface area contributed by atoms with Crippen molar-refractivity contribution in [3.8, 4) is 0 Å². The Morgan fingerprint density at radius 1 is 1.16 bits per heavy atom. The van der Waals surface area contributed by atoms with Crippen LogP contribution in [0.5, 0.6) is 0 Å². The standard InChI is InChI=1S/C13H12ClN5/c14-10-3-1-9(2-4-10)5-6-15-12-11-7-18-19-13(11)17-8-16-12/h1-4,7-8H,5-6H2,(H2,15,16,17,18,19). The first-order valence-corrected chi connectivity index (χ1v) is 6.33. The van der Waals surface area contributed by atoms with Crippen molar-refractivity contribution in [2.75, 3.05) is 11.9 Å². The number of aromatic nitrogens is 4. The van der Waals surface area contributed by atoms with Crippen LogP contribution in [0.3, 0.4) is 0 Å². The van der Waals surface area contributed by atoms with E-state index in [1.54, 1.807) is 6.20 Å². The van der Waals surface area contributed by atoms with Gasteiger partial charge in [0.1, 0.15) is 12.1 Å². The Bertz CT molecular complexity index is 677. The maximum atomic E-state index is 5.85. The summed E-state index contributed by atoms with van der Waals surface area (Å²) in [6.07, 6.45) is 4.14. The van der Waals surface area contributed by atoms with Crippen molar-refractivity contribution < 1.29 is 0 Å². The molecule has 3 aromatic rings. The van der Waals surface area contributed by atoms with E-state index in [2.05, 4.69) is 25.5 Å². The highest BCUT2D eigenvalue weighted by Gasteiger charge is 2.04. The van der Waals surface area contributed by atoms with E-state index in [4.69, 9.17) is 11.6 Å². The number of hydrogen-bond acceptors (Lipinski definition) is 4. The highest BCUT2D eigenvalue weighted by Crippen LogP contribution is 2.16. The molecule has 0 fully saturated rings. The van der Waals surface area contributed by atoms with Crippen molar-refractivity contribution in [1.29, 1.82) is 0 Å². The lowest BCUT2D eigenvalue weighted by molar-refractivity contribution is 1.01. The van der Waals surface area contributed by atoms with Gasteiger partial charge >= 0.3 is 0 Å². The van der Waals surface area contributed by atoms with Gasteiger partial charge in [0.15, 0.2) is 5.65 Å². The molecule has 0 unspecified atom stereocenters. The van der Waals surface area contributed by atoms with E-state index in [0.717, 1.165) is 34.8 Å². The topological polar surface area (TPSA) is 66.5 Å². The van der Waals surface area contributed by atoms with Crippen LogP contribution in [0.15, 0.2) is 36.8 Å². The van der Waals surface area contributed by atoms with Gasteiger partial charge in [-0.1, -0.05) is 23.7 Å². The molecular formula is C13H12ClN5. The van der Waals surface area contributed by atoms with Gasteiger partial charge in [-0.25, -0.2) is 9.97 Å². The van der Waals surface area contributed by atoms with E-state index < -0.39 is 0 Å². The van der Waals surface area contributed by atoms with E-state index >= 15 is 0 Å². The number of fused-ring (bicyclic) bond motifs is 1. The molecule has 2 heterocycles. The molecule has 96 valence electrons. The number of anilines is 1. The Hall–Kier alpha value is -2.14. The molecule has 0 atom stereocenters. The lowest BCUT2D eigenvalue weighted by Crippen LogP contribution is -2.06. The SMILES string of the molecule is Clc1ccc(CCNc2ncnc3[nH]ncc23)cc1. The van der Waals surface area contributed by atoms with Gasteiger partial charge in [0, 0.05) is 11.6 Å². The molecule has 0 amide bonds. The van der Waals surface area contributed by atoms with Gasteiger partial charge in [0.2, 0.25) is 0 Å². The summed E-state index contributed by atoms with van der Waals surface area (Å²) < 4.78 is 0. The van der Waals surface area contributed by atoms with Gasteiger partial charge in [-0.15, -0.1) is 0 Å². The van der Waals surface area contributed by atoms with Crippen LogP contribution >= 0.6 is 11.6 Å². The molecule has 1 aromatic carbocycles. The number of halogens is 1. The van der Waals surface area contributed by atoms with Crippen LogP contribution in [0, 0.1) is 0 Å². The number of nitrogens with one attached hydrogen (secondary N) is 2. The number of aromatic amines is 1. The molecule has 2 N–H and O–H groups in total. The first kappa shape index (κ1) is 11.9. The molecule has 6 heteroatoms. The van der Waals surface area contributed by atoms with Crippen molar-refractivity contribution in [2.24, 2.45) is 0 Å². The van der Waals surface area contributed by atoms with E-state index in [-0.39, 0.29) is 0 Å². The summed E-state index contributed by atoms with van der Waals surface area (Å²) in [5, 5.41) is 11.7. The fourth-order valence-corrected chi connectivity index (χ4v) is 2.01. The average molecular weight is 274 g/mol. The molecule has 0 spiro atoms. The van der Waals surface area contributed by atoms with Crippen LogP contribution in [0.1, 0.15) is 5.56 Å². The first-order valence-electron chi connectivity index (χ1n) is 5.95. The lowest BCUT2D eigenvalue weighted by atomic mass is 10.1. The van der Waals surface area contributed by atoms with E-state index in [0.29, 0.717) is 0 Å². The second-order valence-electron chi connectivity index (χ2n) is 4.16. The third-order valence-corrected chi connectivity index (χ3v) is 3.12. The normalized spacial score (nSPS) is 10.8. The maximum Gasteiger partial charge on any atom is 0.160 e. The summed E-state index contributed by atoms with van der Waals surface area (Å²) in [7, 11) is 0. The van der Waals surface area contributed by atoms with Gasteiger partial charge in [-0.2, -0.15) is 5.10 Å². The van der Waals surface area contributed by atoms with Crippen LogP contribution in [-0.4, -0.2) is 26.7 Å². The molecule has 0 aliphatic carbocycles. The minimum Gasteiger partial charge on any atom is -0.369 e. The van der Waals surface area contributed by atoms with Crippen LogP contribution in [-0.2, 0) is 6.42 Å². The molecule has 0 aliphatic heterocycles. The Labute approximate surface area is 115 Å². The summed E-state index contributed by atoms with van der Waals surface area (Å²) in [5.41, 5.74) is 1.97. The second kappa shape index (κ2) is 5.24. The number of H-pyrrole nitrogens is 1. The van der Waals surface area contributed by atoms with Crippen molar-refractivity contribution in [3.63, 3.8) is 0 Å². The van der Waals surface area contributed by atoms with Crippen molar-refractivity contribution in [2.45, 2.75) is 6.42 Å². The van der Waals surface area contributed by atoms with Crippen LogP contribution in [0.25, 0.3) is 11.0 Å². The minimum absolute atomic E-state index is 0.740. The molecule has 0 saturated heterocycles. The number of nitrogens with zero attached hydrogens (tertiary/aromatic N) is 3. The fraction of sp³-hybridized carbons (Fsp3) is 0.154. The van der Waals surface area contributed by atoms with Gasteiger partial charge < -0.3 is 5.32 Å².